The second-order valence-corrected chi connectivity index (χ2v) is 2.91. The van der Waals surface area contributed by atoms with Crippen molar-refractivity contribution in [1.29, 1.82) is 0 Å². The molecule has 0 unspecified atom stereocenters. The van der Waals surface area contributed by atoms with Crippen LogP contribution in [0.2, 0.25) is 0 Å². The molecule has 0 bridgehead atoms. The fourth-order valence-electron chi connectivity index (χ4n) is 1.03. The molecule has 86 valence electrons. The van der Waals surface area contributed by atoms with E-state index in [-0.39, 0.29) is 51.4 Å². The number of carboxylic acids is 1. The molecule has 0 aliphatic carbocycles. The fraction of sp³-hybridized carbons (Fsp3) is 0.200. The third-order valence-corrected chi connectivity index (χ3v) is 1.72. The van der Waals surface area contributed by atoms with Crippen LogP contribution in [0.15, 0.2) is 24.3 Å². The number of hydrogen-bond acceptors (Lipinski definition) is 4. The fourth-order valence-corrected chi connectivity index (χ4v) is 1.03. The monoisotopic (exact) mass is 262 g/mol. The van der Waals surface area contributed by atoms with Crippen LogP contribution in [0.1, 0.15) is 0 Å². The van der Waals surface area contributed by atoms with Crippen LogP contribution in [0.3, 0.4) is 0 Å². The Morgan fingerprint density at radius 2 is 2.12 bits per heavy atom. The first-order valence-corrected chi connectivity index (χ1v) is 4.50. The van der Waals surface area contributed by atoms with E-state index in [0.717, 1.165) is 0 Å². The molecule has 17 heavy (non-hydrogen) atoms. The number of nitrogens with one attached hydrogen (secondary N) is 2. The summed E-state index contributed by atoms with van der Waals surface area (Å²) in [4.78, 5) is 21.2. The van der Waals surface area contributed by atoms with Crippen LogP contribution in [0, 0.1) is 0 Å². The number of amides is 2. The van der Waals surface area contributed by atoms with Crippen LogP contribution in [0.5, 0.6) is 5.75 Å². The maximum atomic E-state index is 11.2. The van der Waals surface area contributed by atoms with Crippen LogP contribution >= 0.6 is 0 Å². The second kappa shape index (κ2) is 8.48. The summed E-state index contributed by atoms with van der Waals surface area (Å²) in [6, 6.07) is 6.08. The summed E-state index contributed by atoms with van der Waals surface area (Å²) in [5.41, 5.74) is 0.509. The van der Waals surface area contributed by atoms with Gasteiger partial charge < -0.3 is 25.3 Å². The maximum absolute atomic E-state index is 11.2. The number of ether oxygens (including phenoxy) is 1. The molecule has 1 aromatic carbocycles. The first kappa shape index (κ1) is 16.4. The van der Waals surface area contributed by atoms with Gasteiger partial charge in [0.2, 0.25) is 0 Å². The van der Waals surface area contributed by atoms with Crippen LogP contribution in [0.4, 0.5) is 10.5 Å². The molecule has 2 amide bonds. The van der Waals surface area contributed by atoms with E-state index in [0.29, 0.717) is 11.4 Å². The predicted octanol–water partition coefficient (Wildman–Crippen LogP) is -3.43. The summed E-state index contributed by atoms with van der Waals surface area (Å²) in [5.74, 6) is -0.751. The van der Waals surface area contributed by atoms with Crippen molar-refractivity contribution >= 4 is 17.7 Å². The van der Waals surface area contributed by atoms with Gasteiger partial charge >= 0.3 is 57.4 Å². The summed E-state index contributed by atoms with van der Waals surface area (Å²) in [6.45, 7) is -0.532. The molecule has 0 heterocycles. The number of carbonyl (C=O) groups excluding carboxylic acids is 2. The molecule has 0 atom stereocenters. The first-order chi connectivity index (χ1) is 7.61. The number of urea groups is 1. The van der Waals surface area contributed by atoms with Crippen molar-refractivity contribution in [1.82, 2.24) is 5.32 Å². The Morgan fingerprint density at radius 1 is 1.41 bits per heavy atom. The van der Waals surface area contributed by atoms with Crippen LogP contribution in [0.25, 0.3) is 0 Å². The zero-order chi connectivity index (χ0) is 12.0. The Labute approximate surface area is 141 Å². The molecular weight excluding hydrogens is 251 g/mol. The summed E-state index contributed by atoms with van der Waals surface area (Å²) >= 11 is 0. The maximum Gasteiger partial charge on any atom is 1.00 e. The number of benzene rings is 1. The van der Waals surface area contributed by atoms with Crippen molar-refractivity contribution in [3.05, 3.63) is 24.3 Å². The van der Waals surface area contributed by atoms with Gasteiger partial charge in [-0.15, -0.1) is 0 Å². The van der Waals surface area contributed by atoms with Crippen LogP contribution in [-0.2, 0) is 4.79 Å². The Bertz CT molecular complexity index is 398. The average Bonchev–Trinajstić information content (AvgIpc) is 2.26. The number of methoxy groups -OCH3 is 1. The number of hydrogen-bond donors (Lipinski definition) is 2. The van der Waals surface area contributed by atoms with E-state index in [2.05, 4.69) is 10.6 Å². The zero-order valence-corrected chi connectivity index (χ0v) is 12.8. The Morgan fingerprint density at radius 3 is 2.71 bits per heavy atom. The van der Waals surface area contributed by atoms with E-state index in [1.807, 2.05) is 0 Å². The van der Waals surface area contributed by atoms with Gasteiger partial charge in [-0.1, -0.05) is 6.07 Å². The van der Waals surface area contributed by atoms with E-state index in [4.69, 9.17) is 4.74 Å². The van der Waals surface area contributed by atoms with Crippen molar-refractivity contribution in [3.8, 4) is 5.75 Å². The minimum atomic E-state index is -1.35. The van der Waals surface area contributed by atoms with Gasteiger partial charge in [0.15, 0.2) is 0 Å². The molecule has 1 aromatic rings. The Balaban J connectivity index is 0.00000256. The van der Waals surface area contributed by atoms with Gasteiger partial charge in [-0.25, -0.2) is 4.79 Å². The van der Waals surface area contributed by atoms with Gasteiger partial charge in [0.05, 0.1) is 19.6 Å². The van der Waals surface area contributed by atoms with E-state index in [9.17, 15) is 14.7 Å². The van der Waals surface area contributed by atoms with Crippen molar-refractivity contribution in [3.63, 3.8) is 0 Å². The van der Waals surface area contributed by atoms with E-state index >= 15 is 0 Å². The zero-order valence-electron chi connectivity index (χ0n) is 9.65. The Kier molecular flexibility index (Phi) is 8.18. The molecule has 6 nitrogen and oxygen atoms in total. The van der Waals surface area contributed by atoms with Crippen molar-refractivity contribution in [2.45, 2.75) is 0 Å². The number of aliphatic carboxylic acids is 1. The standard InChI is InChI=1S/C10H12N2O4.K/c1-16-8-4-2-3-7(5-8)12-10(15)11-6-9(13)14;/h2-5H,6H2,1H3,(H,13,14)(H2,11,12,15);/q;+1/p-1. The topological polar surface area (TPSA) is 90.5 Å². The average molecular weight is 262 g/mol. The van der Waals surface area contributed by atoms with Gasteiger partial charge in [0, 0.05) is 11.8 Å². The summed E-state index contributed by atoms with van der Waals surface area (Å²) < 4.78 is 4.96. The molecule has 0 aliphatic rings. The third-order valence-electron chi connectivity index (χ3n) is 1.72. The molecule has 0 saturated heterocycles. The second-order valence-electron chi connectivity index (χ2n) is 2.91. The van der Waals surface area contributed by atoms with E-state index in [1.54, 1.807) is 24.3 Å². The van der Waals surface area contributed by atoms with Gasteiger partial charge in [0.1, 0.15) is 5.75 Å². The van der Waals surface area contributed by atoms with Gasteiger partial charge in [0.25, 0.3) is 0 Å². The van der Waals surface area contributed by atoms with E-state index < -0.39 is 18.5 Å². The smallest absolute Gasteiger partial charge is 0.548 e. The molecule has 0 radical (unpaired) electrons. The largest absolute Gasteiger partial charge is 1.00 e. The van der Waals surface area contributed by atoms with E-state index in [1.165, 1.54) is 7.11 Å². The van der Waals surface area contributed by atoms with Gasteiger partial charge in [-0.05, 0) is 12.1 Å². The summed E-state index contributed by atoms with van der Waals surface area (Å²) in [6.07, 6.45) is 0. The van der Waals surface area contributed by atoms with Crippen molar-refractivity contribution < 1.29 is 70.8 Å². The van der Waals surface area contributed by atoms with Crippen LogP contribution in [-0.4, -0.2) is 25.7 Å². The molecule has 0 spiro atoms. The van der Waals surface area contributed by atoms with Crippen LogP contribution < -0.4 is 71.9 Å². The Hall–Kier alpha value is -0.604. The molecule has 1 rings (SSSR count). The predicted molar refractivity (Wildman–Crippen MR) is 55.0 cm³/mol. The van der Waals surface area contributed by atoms with Crippen molar-refractivity contribution in [2.24, 2.45) is 0 Å². The SMILES string of the molecule is COc1cccc(NC(=O)NCC(=O)[O-])c1.[K+]. The molecule has 0 aliphatic heterocycles. The number of anilines is 1. The molecule has 0 fully saturated rings. The summed E-state index contributed by atoms with van der Waals surface area (Å²) in [7, 11) is 1.51. The third kappa shape index (κ3) is 6.64. The van der Waals surface area contributed by atoms with Gasteiger partial charge in [-0.2, -0.15) is 0 Å². The molecule has 7 heteroatoms. The van der Waals surface area contributed by atoms with Gasteiger partial charge in [-0.3, -0.25) is 0 Å². The number of rotatable bonds is 4. The normalized spacial score (nSPS) is 8.76. The molecule has 2 N–H and O–H groups in total. The van der Waals surface area contributed by atoms with Crippen molar-refractivity contribution in [2.75, 3.05) is 19.0 Å². The molecular formula is C10H11KN2O4. The quantitative estimate of drug-likeness (QED) is 0.553. The minimum absolute atomic E-state index is 0. The summed E-state index contributed by atoms with van der Waals surface area (Å²) in [5, 5.41) is 14.6. The number of carboxylic acid groups (broad SMARTS) is 1. The number of carbonyl (C=O) groups is 2. The minimum Gasteiger partial charge on any atom is -0.548 e. The first-order valence-electron chi connectivity index (χ1n) is 4.50. The molecule has 0 saturated carbocycles. The molecule has 0 aromatic heterocycles.